The molecule has 2 rings (SSSR count). The van der Waals surface area contributed by atoms with Crippen molar-refractivity contribution < 1.29 is 9.52 Å². The zero-order chi connectivity index (χ0) is 13.0. The molecule has 6 heteroatoms. The number of furan rings is 1. The smallest absolute Gasteiger partial charge is 0.193 e. The van der Waals surface area contributed by atoms with Crippen LogP contribution in [0.25, 0.3) is 0 Å². The zero-order valence-corrected chi connectivity index (χ0v) is 13.8. The summed E-state index contributed by atoms with van der Waals surface area (Å²) in [4.78, 5) is 6.18. The van der Waals surface area contributed by atoms with E-state index >= 15 is 0 Å². The van der Waals surface area contributed by atoms with E-state index in [4.69, 9.17) is 4.42 Å². The van der Waals surface area contributed by atoms with E-state index in [-0.39, 0.29) is 24.0 Å². The van der Waals surface area contributed by atoms with Crippen LogP contribution in [0, 0.1) is 0 Å². The number of nitrogens with one attached hydrogen (secondary N) is 1. The molecular weight excluding hydrogens is 357 g/mol. The second-order valence-electron chi connectivity index (χ2n) is 4.91. The lowest BCUT2D eigenvalue weighted by atomic mass is 9.80. The highest BCUT2D eigenvalue weighted by atomic mass is 127. The van der Waals surface area contributed by atoms with Crippen molar-refractivity contribution in [1.82, 2.24) is 10.2 Å². The van der Waals surface area contributed by atoms with E-state index in [1.54, 1.807) is 13.3 Å². The van der Waals surface area contributed by atoms with Crippen LogP contribution < -0.4 is 5.32 Å². The van der Waals surface area contributed by atoms with Crippen molar-refractivity contribution in [2.45, 2.75) is 31.4 Å². The molecule has 0 aliphatic heterocycles. The number of aliphatic hydroxyl groups is 1. The molecular formula is C13H22IN3O2. The second kappa shape index (κ2) is 7.14. The third kappa shape index (κ3) is 4.38. The molecule has 1 aliphatic carbocycles. The van der Waals surface area contributed by atoms with E-state index in [1.165, 1.54) is 0 Å². The average molecular weight is 379 g/mol. The fourth-order valence-corrected chi connectivity index (χ4v) is 2.10. The molecule has 0 bridgehead atoms. The van der Waals surface area contributed by atoms with Gasteiger partial charge in [0.05, 0.1) is 18.4 Å². The number of halogens is 1. The topological polar surface area (TPSA) is 61.0 Å². The Morgan fingerprint density at radius 1 is 1.58 bits per heavy atom. The van der Waals surface area contributed by atoms with Gasteiger partial charge in [0, 0.05) is 20.6 Å². The third-order valence-corrected chi connectivity index (χ3v) is 3.41. The number of hydrogen-bond acceptors (Lipinski definition) is 3. The molecule has 108 valence electrons. The van der Waals surface area contributed by atoms with Gasteiger partial charge in [0.2, 0.25) is 0 Å². The van der Waals surface area contributed by atoms with Crippen LogP contribution in [0.2, 0.25) is 0 Å². The van der Waals surface area contributed by atoms with Gasteiger partial charge in [-0.1, -0.05) is 0 Å². The Kier molecular flexibility index (Phi) is 6.12. The van der Waals surface area contributed by atoms with Gasteiger partial charge in [-0.25, -0.2) is 0 Å². The minimum absolute atomic E-state index is 0. The van der Waals surface area contributed by atoms with Crippen molar-refractivity contribution >= 4 is 29.9 Å². The zero-order valence-electron chi connectivity index (χ0n) is 11.4. The monoisotopic (exact) mass is 379 g/mol. The van der Waals surface area contributed by atoms with Crippen molar-refractivity contribution in [3.63, 3.8) is 0 Å². The van der Waals surface area contributed by atoms with Crippen LogP contribution in [0.15, 0.2) is 27.8 Å². The molecule has 0 atom stereocenters. The molecule has 19 heavy (non-hydrogen) atoms. The molecule has 1 heterocycles. The predicted octanol–water partition coefficient (Wildman–Crippen LogP) is 1.82. The average Bonchev–Trinajstić information content (AvgIpc) is 2.80. The number of rotatable bonds is 4. The van der Waals surface area contributed by atoms with Crippen LogP contribution in [0.5, 0.6) is 0 Å². The summed E-state index contributed by atoms with van der Waals surface area (Å²) in [6.45, 7) is 1.22. The van der Waals surface area contributed by atoms with Crippen molar-refractivity contribution in [1.29, 1.82) is 0 Å². The van der Waals surface area contributed by atoms with Crippen LogP contribution in [0.1, 0.15) is 25.0 Å². The number of hydrogen-bond donors (Lipinski definition) is 2. The molecule has 0 spiro atoms. The van der Waals surface area contributed by atoms with E-state index in [0.29, 0.717) is 13.1 Å². The van der Waals surface area contributed by atoms with Crippen LogP contribution in [0.3, 0.4) is 0 Å². The van der Waals surface area contributed by atoms with Crippen molar-refractivity contribution in [2.75, 3.05) is 20.6 Å². The molecule has 0 amide bonds. The highest BCUT2D eigenvalue weighted by Crippen LogP contribution is 2.30. The maximum atomic E-state index is 10.0. The van der Waals surface area contributed by atoms with Crippen LogP contribution in [0.4, 0.5) is 0 Å². The quantitative estimate of drug-likeness (QED) is 0.476. The van der Waals surface area contributed by atoms with Gasteiger partial charge in [0.25, 0.3) is 0 Å². The summed E-state index contributed by atoms with van der Waals surface area (Å²) in [6, 6.07) is 3.81. The molecule has 0 aromatic carbocycles. The fourth-order valence-electron chi connectivity index (χ4n) is 2.10. The normalized spacial score (nSPS) is 17.3. The van der Waals surface area contributed by atoms with Gasteiger partial charge < -0.3 is 19.7 Å². The standard InChI is InChI=1S/C13H21N3O2.HI/c1-14-12(15-10-13(17)6-4-7-13)16(2)9-11-5-3-8-18-11;/h3,5,8,17H,4,6-7,9-10H2,1-2H3,(H,14,15);1H. The minimum atomic E-state index is -0.540. The van der Waals surface area contributed by atoms with Gasteiger partial charge in [0.1, 0.15) is 5.76 Å². The summed E-state index contributed by atoms with van der Waals surface area (Å²) >= 11 is 0. The summed E-state index contributed by atoms with van der Waals surface area (Å²) in [5.41, 5.74) is -0.540. The SMILES string of the molecule is CN=C(NCC1(O)CCC1)N(C)Cc1ccco1.I. The second-order valence-corrected chi connectivity index (χ2v) is 4.91. The van der Waals surface area contributed by atoms with E-state index in [2.05, 4.69) is 10.3 Å². The molecule has 2 N–H and O–H groups in total. The summed E-state index contributed by atoms with van der Waals surface area (Å²) in [7, 11) is 3.69. The first kappa shape index (κ1) is 16.3. The Balaban J connectivity index is 0.00000180. The van der Waals surface area contributed by atoms with Gasteiger partial charge in [-0.05, 0) is 31.4 Å². The van der Waals surface area contributed by atoms with Gasteiger partial charge in [-0.3, -0.25) is 4.99 Å². The molecule has 1 saturated carbocycles. The van der Waals surface area contributed by atoms with Gasteiger partial charge in [-0.15, -0.1) is 24.0 Å². The lowest BCUT2D eigenvalue weighted by Crippen LogP contribution is -2.50. The van der Waals surface area contributed by atoms with Gasteiger partial charge in [-0.2, -0.15) is 0 Å². The Morgan fingerprint density at radius 2 is 2.32 bits per heavy atom. The molecule has 1 aliphatic rings. The molecule has 1 fully saturated rings. The lowest BCUT2D eigenvalue weighted by Gasteiger charge is -2.37. The maximum Gasteiger partial charge on any atom is 0.193 e. The summed E-state index contributed by atoms with van der Waals surface area (Å²) in [5.74, 6) is 1.66. The molecule has 0 unspecified atom stereocenters. The Hall–Kier alpha value is -0.760. The summed E-state index contributed by atoms with van der Waals surface area (Å²) in [6.07, 6.45) is 4.52. The van der Waals surface area contributed by atoms with E-state index in [0.717, 1.165) is 31.0 Å². The van der Waals surface area contributed by atoms with Crippen LogP contribution in [-0.4, -0.2) is 42.2 Å². The van der Waals surface area contributed by atoms with E-state index in [1.807, 2.05) is 24.1 Å². The molecule has 0 saturated heterocycles. The first-order valence-electron chi connectivity index (χ1n) is 6.29. The van der Waals surface area contributed by atoms with Crippen molar-refractivity contribution in [2.24, 2.45) is 4.99 Å². The Morgan fingerprint density at radius 3 is 2.79 bits per heavy atom. The third-order valence-electron chi connectivity index (χ3n) is 3.41. The number of guanidine groups is 1. The highest BCUT2D eigenvalue weighted by Gasteiger charge is 2.34. The molecule has 0 radical (unpaired) electrons. The largest absolute Gasteiger partial charge is 0.467 e. The van der Waals surface area contributed by atoms with Crippen molar-refractivity contribution in [3.05, 3.63) is 24.2 Å². The Bertz CT molecular complexity index is 402. The van der Waals surface area contributed by atoms with Crippen molar-refractivity contribution in [3.8, 4) is 0 Å². The number of nitrogens with zero attached hydrogens (tertiary/aromatic N) is 2. The fraction of sp³-hybridized carbons (Fsp3) is 0.615. The molecule has 5 nitrogen and oxygen atoms in total. The Labute approximate surface area is 131 Å². The van der Waals surface area contributed by atoms with E-state index < -0.39 is 5.60 Å². The van der Waals surface area contributed by atoms with E-state index in [9.17, 15) is 5.11 Å². The molecule has 1 aromatic heterocycles. The maximum absolute atomic E-state index is 10.0. The summed E-state index contributed by atoms with van der Waals surface area (Å²) < 4.78 is 5.30. The first-order valence-corrected chi connectivity index (χ1v) is 6.29. The lowest BCUT2D eigenvalue weighted by molar-refractivity contribution is -0.0282. The first-order chi connectivity index (χ1) is 8.63. The predicted molar refractivity (Wildman–Crippen MR) is 85.8 cm³/mol. The van der Waals surface area contributed by atoms with Gasteiger partial charge in [0.15, 0.2) is 5.96 Å². The molecule has 1 aromatic rings. The minimum Gasteiger partial charge on any atom is -0.467 e. The highest BCUT2D eigenvalue weighted by molar-refractivity contribution is 14.0. The van der Waals surface area contributed by atoms with Crippen LogP contribution >= 0.6 is 24.0 Å². The number of aliphatic imine (C=N–C) groups is 1. The van der Waals surface area contributed by atoms with Gasteiger partial charge >= 0.3 is 0 Å². The van der Waals surface area contributed by atoms with Crippen LogP contribution in [-0.2, 0) is 6.54 Å². The summed E-state index contributed by atoms with van der Waals surface area (Å²) in [5, 5.41) is 13.2.